The monoisotopic (exact) mass is 384 g/mol. The fraction of sp³-hybridized carbons (Fsp3) is 0.211. The van der Waals surface area contributed by atoms with Crippen LogP contribution in [0.3, 0.4) is 0 Å². The van der Waals surface area contributed by atoms with E-state index in [-0.39, 0.29) is 6.61 Å². The minimum atomic E-state index is -0.585. The lowest BCUT2D eigenvalue weighted by molar-refractivity contribution is -0.142. The summed E-state index contributed by atoms with van der Waals surface area (Å²) in [4.78, 5) is 25.8. The Labute approximate surface area is 159 Å². The summed E-state index contributed by atoms with van der Waals surface area (Å²) in [7, 11) is 0. The molecule has 0 radical (unpaired) electrons. The first kappa shape index (κ1) is 18.2. The van der Waals surface area contributed by atoms with Crippen molar-refractivity contribution in [3.63, 3.8) is 0 Å². The van der Waals surface area contributed by atoms with E-state index in [0.717, 1.165) is 34.6 Å². The zero-order valence-corrected chi connectivity index (χ0v) is 15.5. The predicted octanol–water partition coefficient (Wildman–Crippen LogP) is 3.90. The maximum atomic E-state index is 12.0. The minimum absolute atomic E-state index is 0.382. The number of nitrogens with one attached hydrogen (secondary N) is 1. The Bertz CT molecular complexity index is 882. The van der Waals surface area contributed by atoms with Crippen molar-refractivity contribution < 1.29 is 14.3 Å². The van der Waals surface area contributed by atoms with Crippen LogP contribution in [0.2, 0.25) is 0 Å². The Balaban J connectivity index is 1.47. The summed E-state index contributed by atoms with van der Waals surface area (Å²) in [5.41, 5.74) is 1.59. The number of anilines is 1. The molecular weight excluding hydrogens is 368 g/mol. The molecule has 5 nitrogen and oxygen atoms in total. The van der Waals surface area contributed by atoms with Crippen LogP contribution in [-0.4, -0.2) is 18.5 Å². The van der Waals surface area contributed by atoms with E-state index in [4.69, 9.17) is 4.74 Å². The molecule has 0 unspecified atom stereocenters. The number of thioether (sulfide) groups is 1. The molecule has 1 aliphatic carbocycles. The number of thiophene rings is 1. The number of carbonyl (C=O) groups is 2. The molecule has 0 aliphatic heterocycles. The molecule has 1 aromatic carbocycles. The molecule has 3 rings (SSSR count). The molecule has 0 saturated carbocycles. The molecule has 1 aliphatic rings. The highest BCUT2D eigenvalue weighted by Crippen LogP contribution is 2.38. The van der Waals surface area contributed by atoms with Crippen molar-refractivity contribution >= 4 is 40.0 Å². The number of rotatable bonds is 6. The molecule has 0 bridgehead atoms. The molecule has 26 heavy (non-hydrogen) atoms. The van der Waals surface area contributed by atoms with Crippen LogP contribution < -0.4 is 5.32 Å². The lowest BCUT2D eigenvalue weighted by Crippen LogP contribution is -2.20. The molecule has 0 fully saturated rings. The fourth-order valence-corrected chi connectivity index (χ4v) is 4.53. The first-order valence-electron chi connectivity index (χ1n) is 8.07. The van der Waals surface area contributed by atoms with Gasteiger partial charge in [0.2, 0.25) is 0 Å². The van der Waals surface area contributed by atoms with Crippen molar-refractivity contribution in [1.82, 2.24) is 0 Å². The first-order chi connectivity index (χ1) is 12.7. The maximum Gasteiger partial charge on any atom is 0.331 e. The average molecular weight is 384 g/mol. The van der Waals surface area contributed by atoms with Gasteiger partial charge in [0.05, 0.1) is 5.56 Å². The number of aryl methyl sites for hydroxylation is 1. The number of carbonyl (C=O) groups excluding carboxylic acids is 2. The number of hydrogen-bond donors (Lipinski definition) is 1. The van der Waals surface area contributed by atoms with Crippen LogP contribution in [0, 0.1) is 11.3 Å². The summed E-state index contributed by atoms with van der Waals surface area (Å²) in [6.07, 6.45) is 4.16. The normalized spacial score (nSPS) is 12.6. The third kappa shape index (κ3) is 4.54. The van der Waals surface area contributed by atoms with E-state index in [1.165, 1.54) is 29.2 Å². The Morgan fingerprint density at radius 1 is 1.31 bits per heavy atom. The summed E-state index contributed by atoms with van der Waals surface area (Å²) in [5.74, 6) is -1.03. The predicted molar refractivity (Wildman–Crippen MR) is 102 cm³/mol. The highest BCUT2D eigenvalue weighted by atomic mass is 32.2. The summed E-state index contributed by atoms with van der Waals surface area (Å²) >= 11 is 2.82. The van der Waals surface area contributed by atoms with Gasteiger partial charge in [0.1, 0.15) is 11.1 Å². The van der Waals surface area contributed by atoms with E-state index in [1.54, 1.807) is 5.41 Å². The van der Waals surface area contributed by atoms with Gasteiger partial charge in [-0.1, -0.05) is 30.0 Å². The lowest BCUT2D eigenvalue weighted by atomic mass is 10.1. The zero-order valence-electron chi connectivity index (χ0n) is 13.9. The highest BCUT2D eigenvalue weighted by molar-refractivity contribution is 8.02. The van der Waals surface area contributed by atoms with Crippen LogP contribution in [0.1, 0.15) is 22.4 Å². The third-order valence-electron chi connectivity index (χ3n) is 3.78. The van der Waals surface area contributed by atoms with Gasteiger partial charge < -0.3 is 10.1 Å². The van der Waals surface area contributed by atoms with Crippen LogP contribution >= 0.6 is 23.1 Å². The first-order valence-corrected chi connectivity index (χ1v) is 9.76. The summed E-state index contributed by atoms with van der Waals surface area (Å²) in [6.45, 7) is -0.382. The quantitative estimate of drug-likeness (QED) is 0.464. The SMILES string of the molecule is N#Cc1c(NC(=O)COC(=O)/C=C/Sc2ccccc2)sc2c1CCC2. The van der Waals surface area contributed by atoms with Crippen molar-refractivity contribution in [2.45, 2.75) is 24.2 Å². The van der Waals surface area contributed by atoms with Crippen LogP contribution in [0.5, 0.6) is 0 Å². The van der Waals surface area contributed by atoms with Crippen LogP contribution in [0.15, 0.2) is 46.7 Å². The Morgan fingerprint density at radius 2 is 2.12 bits per heavy atom. The fourth-order valence-electron chi connectivity index (χ4n) is 2.63. The van der Waals surface area contributed by atoms with Gasteiger partial charge in [-0.3, -0.25) is 4.79 Å². The molecule has 1 amide bonds. The summed E-state index contributed by atoms with van der Waals surface area (Å²) in [6, 6.07) is 11.8. The number of nitriles is 1. The van der Waals surface area contributed by atoms with Crippen molar-refractivity contribution in [2.24, 2.45) is 0 Å². The van der Waals surface area contributed by atoms with Crippen LogP contribution in [-0.2, 0) is 27.2 Å². The van der Waals surface area contributed by atoms with E-state index >= 15 is 0 Å². The highest BCUT2D eigenvalue weighted by Gasteiger charge is 2.23. The molecule has 1 heterocycles. The topological polar surface area (TPSA) is 79.2 Å². The van der Waals surface area contributed by atoms with E-state index < -0.39 is 11.9 Å². The average Bonchev–Trinajstić information content (AvgIpc) is 3.21. The molecule has 0 spiro atoms. The molecular formula is C19H16N2O3S2. The van der Waals surface area contributed by atoms with E-state index in [0.29, 0.717) is 10.6 Å². The molecule has 2 aromatic rings. The number of ether oxygens (including phenoxy) is 1. The number of amides is 1. The molecule has 1 N–H and O–H groups in total. The van der Waals surface area contributed by atoms with Gasteiger partial charge in [-0.15, -0.1) is 11.3 Å². The second kappa shape index (κ2) is 8.70. The maximum absolute atomic E-state index is 12.0. The Hall–Kier alpha value is -2.56. The summed E-state index contributed by atoms with van der Waals surface area (Å²) in [5, 5.41) is 14.1. The molecule has 132 valence electrons. The zero-order chi connectivity index (χ0) is 18.4. The van der Waals surface area contributed by atoms with Crippen molar-refractivity contribution in [1.29, 1.82) is 5.26 Å². The Kier molecular flexibility index (Phi) is 6.10. The van der Waals surface area contributed by atoms with Crippen molar-refractivity contribution in [3.8, 4) is 6.07 Å². The number of nitrogens with zero attached hydrogens (tertiary/aromatic N) is 1. The van der Waals surface area contributed by atoms with Crippen LogP contribution in [0.4, 0.5) is 5.00 Å². The second-order valence-electron chi connectivity index (χ2n) is 5.56. The minimum Gasteiger partial charge on any atom is -0.452 e. The van der Waals surface area contributed by atoms with Gasteiger partial charge >= 0.3 is 5.97 Å². The van der Waals surface area contributed by atoms with Crippen molar-refractivity contribution in [2.75, 3.05) is 11.9 Å². The third-order valence-corrected chi connectivity index (χ3v) is 5.81. The number of hydrogen-bond acceptors (Lipinski definition) is 6. The largest absolute Gasteiger partial charge is 0.452 e. The van der Waals surface area contributed by atoms with Gasteiger partial charge in [0, 0.05) is 15.8 Å². The van der Waals surface area contributed by atoms with E-state index in [9.17, 15) is 14.9 Å². The number of esters is 1. The smallest absolute Gasteiger partial charge is 0.331 e. The lowest BCUT2D eigenvalue weighted by Gasteiger charge is -2.04. The van der Waals surface area contributed by atoms with Gasteiger partial charge in [-0.05, 0) is 42.4 Å². The standard InChI is InChI=1S/C19H16N2O3S2/c20-11-15-14-7-4-8-16(14)26-19(15)21-17(22)12-24-18(23)9-10-25-13-5-2-1-3-6-13/h1-3,5-6,9-10H,4,7-8,12H2,(H,21,22)/b10-9+. The molecule has 7 heteroatoms. The van der Waals surface area contributed by atoms with Crippen LogP contribution in [0.25, 0.3) is 0 Å². The van der Waals surface area contributed by atoms with Gasteiger partial charge in [-0.25, -0.2) is 4.79 Å². The number of fused-ring (bicyclic) bond motifs is 1. The number of benzene rings is 1. The summed E-state index contributed by atoms with van der Waals surface area (Å²) < 4.78 is 4.94. The van der Waals surface area contributed by atoms with Gasteiger partial charge in [0.25, 0.3) is 5.91 Å². The second-order valence-corrected chi connectivity index (χ2v) is 7.65. The molecule has 0 atom stereocenters. The van der Waals surface area contributed by atoms with Crippen molar-refractivity contribution in [3.05, 3.63) is 57.8 Å². The molecule has 1 aromatic heterocycles. The van der Waals surface area contributed by atoms with Gasteiger partial charge in [0.15, 0.2) is 6.61 Å². The van der Waals surface area contributed by atoms with Gasteiger partial charge in [-0.2, -0.15) is 5.26 Å². The van der Waals surface area contributed by atoms with E-state index in [1.807, 2.05) is 30.3 Å². The molecule has 0 saturated heterocycles. The Morgan fingerprint density at radius 3 is 2.88 bits per heavy atom. The van der Waals surface area contributed by atoms with E-state index in [2.05, 4.69) is 11.4 Å².